The van der Waals surface area contributed by atoms with Crippen molar-refractivity contribution in [2.75, 3.05) is 13.1 Å². The summed E-state index contributed by atoms with van der Waals surface area (Å²) < 4.78 is 0. The summed E-state index contributed by atoms with van der Waals surface area (Å²) in [5, 5.41) is 16.2. The maximum absolute atomic E-state index is 11.8. The molecule has 18 heavy (non-hydrogen) atoms. The summed E-state index contributed by atoms with van der Waals surface area (Å²) >= 11 is 0. The Morgan fingerprint density at radius 3 is 2.61 bits per heavy atom. The summed E-state index contributed by atoms with van der Waals surface area (Å²) in [6.07, 6.45) is 7.25. The molecule has 0 spiro atoms. The Kier molecular flexibility index (Phi) is 6.65. The molecule has 1 aliphatic rings. The summed E-state index contributed by atoms with van der Waals surface area (Å²) in [4.78, 5) is 11.8. The fourth-order valence-electron chi connectivity index (χ4n) is 2.39. The van der Waals surface area contributed by atoms with Crippen molar-refractivity contribution in [2.24, 2.45) is 0 Å². The van der Waals surface area contributed by atoms with Crippen LogP contribution in [-0.4, -0.2) is 35.7 Å². The Labute approximate surface area is 111 Å². The maximum Gasteiger partial charge on any atom is 0.236 e. The SMILES string of the molecule is CCCCCNC(=O)C(C)NCC1(O)CCCC1. The molecule has 1 atom stereocenters. The fraction of sp³-hybridized carbons (Fsp3) is 0.929. The summed E-state index contributed by atoms with van der Waals surface area (Å²) in [5.74, 6) is 0.0349. The van der Waals surface area contributed by atoms with Crippen molar-refractivity contribution in [1.29, 1.82) is 0 Å². The first-order chi connectivity index (χ1) is 8.57. The second kappa shape index (κ2) is 7.74. The van der Waals surface area contributed by atoms with E-state index in [9.17, 15) is 9.90 Å². The Hall–Kier alpha value is -0.610. The van der Waals surface area contributed by atoms with Crippen LogP contribution in [0.25, 0.3) is 0 Å². The highest BCUT2D eigenvalue weighted by molar-refractivity contribution is 5.81. The Balaban J connectivity index is 2.15. The highest BCUT2D eigenvalue weighted by Gasteiger charge is 2.31. The van der Waals surface area contributed by atoms with E-state index in [2.05, 4.69) is 17.6 Å². The van der Waals surface area contributed by atoms with Gasteiger partial charge in [0, 0.05) is 13.1 Å². The van der Waals surface area contributed by atoms with Gasteiger partial charge >= 0.3 is 0 Å². The number of rotatable bonds is 8. The minimum absolute atomic E-state index is 0.0349. The van der Waals surface area contributed by atoms with Crippen molar-refractivity contribution in [3.63, 3.8) is 0 Å². The van der Waals surface area contributed by atoms with Gasteiger partial charge in [-0.1, -0.05) is 32.6 Å². The normalized spacial score (nSPS) is 19.7. The molecular formula is C14H28N2O2. The third-order valence-corrected chi connectivity index (χ3v) is 3.74. The lowest BCUT2D eigenvalue weighted by Crippen LogP contribution is -2.48. The number of aliphatic hydroxyl groups is 1. The monoisotopic (exact) mass is 256 g/mol. The van der Waals surface area contributed by atoms with Gasteiger partial charge in [0.15, 0.2) is 0 Å². The lowest BCUT2D eigenvalue weighted by molar-refractivity contribution is -0.123. The molecule has 1 saturated carbocycles. The molecule has 1 rings (SSSR count). The molecule has 0 radical (unpaired) electrons. The first-order valence-corrected chi connectivity index (χ1v) is 7.31. The largest absolute Gasteiger partial charge is 0.389 e. The molecule has 1 amide bonds. The Bertz CT molecular complexity index is 250. The van der Waals surface area contributed by atoms with Crippen LogP contribution in [0.5, 0.6) is 0 Å². The highest BCUT2D eigenvalue weighted by Crippen LogP contribution is 2.28. The van der Waals surface area contributed by atoms with Crippen molar-refractivity contribution < 1.29 is 9.90 Å². The van der Waals surface area contributed by atoms with E-state index in [1.54, 1.807) is 0 Å². The first kappa shape index (κ1) is 15.4. The van der Waals surface area contributed by atoms with Crippen LogP contribution in [0.2, 0.25) is 0 Å². The van der Waals surface area contributed by atoms with Crippen LogP contribution in [0, 0.1) is 0 Å². The van der Waals surface area contributed by atoms with Gasteiger partial charge in [-0.25, -0.2) is 0 Å². The molecule has 4 heteroatoms. The summed E-state index contributed by atoms with van der Waals surface area (Å²) in [6, 6.07) is -0.226. The van der Waals surface area contributed by atoms with Gasteiger partial charge in [-0.3, -0.25) is 4.79 Å². The van der Waals surface area contributed by atoms with Crippen molar-refractivity contribution in [3.8, 4) is 0 Å². The van der Waals surface area contributed by atoms with Gasteiger partial charge in [0.2, 0.25) is 5.91 Å². The molecule has 106 valence electrons. The van der Waals surface area contributed by atoms with Gasteiger partial charge < -0.3 is 15.7 Å². The third-order valence-electron chi connectivity index (χ3n) is 3.74. The predicted octanol–water partition coefficient (Wildman–Crippen LogP) is 1.58. The zero-order valence-corrected chi connectivity index (χ0v) is 11.8. The Morgan fingerprint density at radius 2 is 2.00 bits per heavy atom. The zero-order valence-electron chi connectivity index (χ0n) is 11.8. The van der Waals surface area contributed by atoms with E-state index in [-0.39, 0.29) is 11.9 Å². The van der Waals surface area contributed by atoms with Gasteiger partial charge in [0.05, 0.1) is 11.6 Å². The second-order valence-corrected chi connectivity index (χ2v) is 5.53. The van der Waals surface area contributed by atoms with E-state index < -0.39 is 5.60 Å². The number of hydrogen-bond acceptors (Lipinski definition) is 3. The zero-order chi connectivity index (χ0) is 13.4. The predicted molar refractivity (Wildman–Crippen MR) is 73.4 cm³/mol. The van der Waals surface area contributed by atoms with E-state index in [0.29, 0.717) is 6.54 Å². The van der Waals surface area contributed by atoms with Crippen molar-refractivity contribution in [1.82, 2.24) is 10.6 Å². The molecule has 0 aromatic heterocycles. The van der Waals surface area contributed by atoms with Crippen LogP contribution in [-0.2, 0) is 4.79 Å². The van der Waals surface area contributed by atoms with Gasteiger partial charge in [-0.15, -0.1) is 0 Å². The lowest BCUT2D eigenvalue weighted by atomic mass is 10.0. The van der Waals surface area contributed by atoms with Crippen LogP contribution >= 0.6 is 0 Å². The van der Waals surface area contributed by atoms with Gasteiger partial charge in [-0.2, -0.15) is 0 Å². The minimum Gasteiger partial charge on any atom is -0.389 e. The average molecular weight is 256 g/mol. The van der Waals surface area contributed by atoms with Gasteiger partial charge in [-0.05, 0) is 26.2 Å². The number of carbonyl (C=O) groups is 1. The van der Waals surface area contributed by atoms with Crippen molar-refractivity contribution in [3.05, 3.63) is 0 Å². The van der Waals surface area contributed by atoms with Crippen LogP contribution in [0.4, 0.5) is 0 Å². The van der Waals surface area contributed by atoms with Crippen LogP contribution in [0.15, 0.2) is 0 Å². The molecule has 1 aliphatic carbocycles. The van der Waals surface area contributed by atoms with E-state index >= 15 is 0 Å². The number of hydrogen-bond donors (Lipinski definition) is 3. The topological polar surface area (TPSA) is 61.4 Å². The van der Waals surface area contributed by atoms with Gasteiger partial charge in [0.1, 0.15) is 0 Å². The molecule has 0 saturated heterocycles. The number of unbranched alkanes of at least 4 members (excludes halogenated alkanes) is 2. The molecule has 0 aromatic rings. The van der Waals surface area contributed by atoms with E-state index in [4.69, 9.17) is 0 Å². The van der Waals surface area contributed by atoms with E-state index in [0.717, 1.165) is 51.5 Å². The quantitative estimate of drug-likeness (QED) is 0.578. The highest BCUT2D eigenvalue weighted by atomic mass is 16.3. The molecule has 0 aliphatic heterocycles. The van der Waals surface area contributed by atoms with Gasteiger partial charge in [0.25, 0.3) is 0 Å². The smallest absolute Gasteiger partial charge is 0.236 e. The molecular weight excluding hydrogens is 228 g/mol. The van der Waals surface area contributed by atoms with E-state index in [1.165, 1.54) is 0 Å². The number of nitrogens with one attached hydrogen (secondary N) is 2. The van der Waals surface area contributed by atoms with Crippen LogP contribution in [0.3, 0.4) is 0 Å². The maximum atomic E-state index is 11.8. The van der Waals surface area contributed by atoms with Crippen LogP contribution < -0.4 is 10.6 Å². The fourth-order valence-corrected chi connectivity index (χ4v) is 2.39. The van der Waals surface area contributed by atoms with Crippen molar-refractivity contribution >= 4 is 5.91 Å². The van der Waals surface area contributed by atoms with Crippen LogP contribution in [0.1, 0.15) is 58.8 Å². The Morgan fingerprint density at radius 1 is 1.33 bits per heavy atom. The molecule has 0 heterocycles. The number of carbonyl (C=O) groups excluding carboxylic acids is 1. The molecule has 3 N–H and O–H groups in total. The summed E-state index contributed by atoms with van der Waals surface area (Å²) in [5.41, 5.74) is -0.587. The third kappa shape index (κ3) is 5.36. The number of amides is 1. The van der Waals surface area contributed by atoms with Crippen molar-refractivity contribution in [2.45, 2.75) is 70.4 Å². The molecule has 1 fully saturated rings. The molecule has 0 aromatic carbocycles. The lowest BCUT2D eigenvalue weighted by Gasteiger charge is -2.24. The average Bonchev–Trinajstić information content (AvgIpc) is 2.79. The standard InChI is InChI=1S/C14H28N2O2/c1-3-4-7-10-15-13(17)12(2)16-11-14(18)8-5-6-9-14/h12,16,18H,3-11H2,1-2H3,(H,15,17). The summed E-state index contributed by atoms with van der Waals surface area (Å²) in [6.45, 7) is 5.28. The molecule has 4 nitrogen and oxygen atoms in total. The molecule has 0 bridgehead atoms. The minimum atomic E-state index is -0.587. The first-order valence-electron chi connectivity index (χ1n) is 7.31. The molecule has 1 unspecified atom stereocenters. The second-order valence-electron chi connectivity index (χ2n) is 5.53. The summed E-state index contributed by atoms with van der Waals surface area (Å²) in [7, 11) is 0. The van der Waals surface area contributed by atoms with E-state index in [1.807, 2.05) is 6.92 Å².